The summed E-state index contributed by atoms with van der Waals surface area (Å²) in [5.74, 6) is 0.495. The van der Waals surface area contributed by atoms with Crippen molar-refractivity contribution in [1.29, 1.82) is 0 Å². The molecule has 1 N–H and O–H groups in total. The first-order chi connectivity index (χ1) is 16.8. The maximum atomic E-state index is 13.0. The fourth-order valence-corrected chi connectivity index (χ4v) is 5.15. The molecule has 0 unspecified atom stereocenters. The number of nitrogens with zero attached hydrogens (tertiary/aromatic N) is 2. The number of benzene rings is 2. The van der Waals surface area contributed by atoms with Crippen LogP contribution in [-0.2, 0) is 14.3 Å². The summed E-state index contributed by atoms with van der Waals surface area (Å²) < 4.78 is 10.5. The molecule has 2 aromatic carbocycles. The van der Waals surface area contributed by atoms with Gasteiger partial charge in [0.1, 0.15) is 5.75 Å². The molecule has 2 aliphatic heterocycles. The smallest absolute Gasteiger partial charge is 0.338 e. The minimum absolute atomic E-state index is 0.131. The Labute approximate surface area is 209 Å². The summed E-state index contributed by atoms with van der Waals surface area (Å²) in [5.41, 5.74) is 4.58. The van der Waals surface area contributed by atoms with Gasteiger partial charge in [0.15, 0.2) is 5.17 Å². The number of allylic oxidation sites excluding steroid dienone is 1. The second-order valence-corrected chi connectivity index (χ2v) is 9.50. The first kappa shape index (κ1) is 24.6. The minimum Gasteiger partial charge on any atom is -0.497 e. The van der Waals surface area contributed by atoms with Crippen LogP contribution < -0.4 is 10.1 Å². The van der Waals surface area contributed by atoms with Gasteiger partial charge >= 0.3 is 5.97 Å². The highest BCUT2D eigenvalue weighted by molar-refractivity contribution is 8.16. The van der Waals surface area contributed by atoms with Crippen LogP contribution in [0.15, 0.2) is 75.9 Å². The Hall–Kier alpha value is -3.52. The monoisotopic (exact) mass is 491 g/mol. The molecule has 1 atom stereocenters. The van der Waals surface area contributed by atoms with Crippen LogP contribution in [0.3, 0.4) is 0 Å². The van der Waals surface area contributed by atoms with E-state index in [-0.39, 0.29) is 12.3 Å². The topological polar surface area (TPSA) is 80.2 Å². The number of carbonyl (C=O) groups is 2. The Kier molecular flexibility index (Phi) is 7.31. The largest absolute Gasteiger partial charge is 0.497 e. The normalized spacial score (nSPS) is 17.1. The van der Waals surface area contributed by atoms with Crippen molar-refractivity contribution in [2.75, 3.05) is 19.5 Å². The lowest BCUT2D eigenvalue weighted by atomic mass is 9.93. The summed E-state index contributed by atoms with van der Waals surface area (Å²) >= 11 is 1.44. The van der Waals surface area contributed by atoms with Gasteiger partial charge in [-0.15, -0.1) is 0 Å². The van der Waals surface area contributed by atoms with Crippen LogP contribution >= 0.6 is 11.8 Å². The molecule has 0 saturated heterocycles. The van der Waals surface area contributed by atoms with Crippen molar-refractivity contribution in [3.05, 3.63) is 82.0 Å². The van der Waals surface area contributed by atoms with Crippen molar-refractivity contribution in [3.63, 3.8) is 0 Å². The van der Waals surface area contributed by atoms with Crippen LogP contribution in [0, 0.1) is 0 Å². The zero-order valence-electron chi connectivity index (χ0n) is 20.5. The molecule has 0 spiro atoms. The van der Waals surface area contributed by atoms with Crippen molar-refractivity contribution in [2.45, 2.75) is 39.2 Å². The maximum absolute atomic E-state index is 13.0. The van der Waals surface area contributed by atoms with Crippen LogP contribution in [0.4, 0.5) is 5.69 Å². The van der Waals surface area contributed by atoms with Crippen molar-refractivity contribution in [2.24, 2.45) is 4.99 Å². The summed E-state index contributed by atoms with van der Waals surface area (Å²) in [7, 11) is 2.96. The number of amidine groups is 1. The van der Waals surface area contributed by atoms with Gasteiger partial charge in [-0.05, 0) is 53.6 Å². The number of carbonyl (C=O) groups excluding carboxylic acids is 2. The zero-order chi connectivity index (χ0) is 25.1. The summed E-state index contributed by atoms with van der Waals surface area (Å²) in [5, 5.41) is 5.61. The van der Waals surface area contributed by atoms with Crippen molar-refractivity contribution >= 4 is 34.5 Å². The maximum Gasteiger partial charge on any atom is 0.338 e. The molecule has 2 heterocycles. The third-order valence-corrected chi connectivity index (χ3v) is 6.91. The van der Waals surface area contributed by atoms with Crippen molar-refractivity contribution < 1.29 is 19.1 Å². The Balaban J connectivity index is 1.62. The van der Waals surface area contributed by atoms with Crippen LogP contribution in [0.2, 0.25) is 0 Å². The van der Waals surface area contributed by atoms with E-state index in [4.69, 9.17) is 9.47 Å². The molecular formula is C27H29N3O4S. The molecule has 0 aromatic heterocycles. The highest BCUT2D eigenvalue weighted by Gasteiger charge is 2.41. The number of nitrogens with one attached hydrogen (secondary N) is 1. The van der Waals surface area contributed by atoms with E-state index in [2.05, 4.69) is 24.2 Å². The van der Waals surface area contributed by atoms with Crippen LogP contribution in [0.5, 0.6) is 5.75 Å². The number of methoxy groups -OCH3 is 2. The number of fused-ring (bicyclic) bond motifs is 1. The SMILES string of the molecule is COC(=O)C1=C(C)N=C2SC=C(CC(=O)Nc3ccc(C(C)C)cc3)N2[C@H]1c1cccc(OC)c1. The van der Waals surface area contributed by atoms with E-state index >= 15 is 0 Å². The number of thioether (sulfide) groups is 1. The first-order valence-corrected chi connectivity index (χ1v) is 12.3. The lowest BCUT2D eigenvalue weighted by Crippen LogP contribution is -2.37. The second kappa shape index (κ2) is 10.4. The van der Waals surface area contributed by atoms with Crippen LogP contribution in [0.1, 0.15) is 50.3 Å². The molecular weight excluding hydrogens is 462 g/mol. The average Bonchev–Trinajstić information content (AvgIpc) is 3.24. The highest BCUT2D eigenvalue weighted by atomic mass is 32.2. The molecule has 0 fully saturated rings. The third kappa shape index (κ3) is 5.12. The van der Waals surface area contributed by atoms with Gasteiger partial charge in [0.25, 0.3) is 0 Å². The van der Waals surface area contributed by atoms with E-state index in [0.29, 0.717) is 28.1 Å². The molecule has 182 valence electrons. The molecule has 7 nitrogen and oxygen atoms in total. The molecule has 0 aliphatic carbocycles. The Bertz CT molecular complexity index is 1230. The first-order valence-electron chi connectivity index (χ1n) is 11.4. The van der Waals surface area contributed by atoms with Gasteiger partial charge in [0.05, 0.1) is 38.0 Å². The number of aliphatic imine (C=N–C) groups is 1. The second-order valence-electron chi connectivity index (χ2n) is 8.66. The lowest BCUT2D eigenvalue weighted by molar-refractivity contribution is -0.136. The number of amides is 1. The number of hydrogen-bond donors (Lipinski definition) is 1. The van der Waals surface area contributed by atoms with E-state index in [1.807, 2.05) is 58.8 Å². The summed E-state index contributed by atoms with van der Waals surface area (Å²) in [6.45, 7) is 6.07. The lowest BCUT2D eigenvalue weighted by Gasteiger charge is -2.36. The van der Waals surface area contributed by atoms with E-state index in [0.717, 1.165) is 16.9 Å². The van der Waals surface area contributed by atoms with Crippen molar-refractivity contribution in [1.82, 2.24) is 4.90 Å². The molecule has 0 saturated carbocycles. The molecule has 1 amide bonds. The number of esters is 1. The highest BCUT2D eigenvalue weighted by Crippen LogP contribution is 2.45. The van der Waals surface area contributed by atoms with Gasteiger partial charge < -0.3 is 19.7 Å². The molecule has 0 bridgehead atoms. The van der Waals surface area contributed by atoms with Crippen LogP contribution in [-0.4, -0.2) is 36.2 Å². The minimum atomic E-state index is -0.496. The standard InChI is InChI=1S/C27H29N3O4S/c1-16(2)18-9-11-20(12-10-18)29-23(31)14-21-15-35-27-28-17(3)24(26(32)34-5)25(30(21)27)19-7-6-8-22(13-19)33-4/h6-13,15-16,25H,14H2,1-5H3,(H,29,31)/t25-/m0/s1. The molecule has 35 heavy (non-hydrogen) atoms. The number of anilines is 1. The zero-order valence-corrected chi connectivity index (χ0v) is 21.3. The van der Waals surface area contributed by atoms with Gasteiger partial charge in [0.2, 0.25) is 5.91 Å². The number of ether oxygens (including phenoxy) is 2. The number of rotatable bonds is 7. The molecule has 2 aliphatic rings. The molecule has 4 rings (SSSR count). The predicted octanol–water partition coefficient (Wildman–Crippen LogP) is 5.60. The Morgan fingerprint density at radius 1 is 1.14 bits per heavy atom. The predicted molar refractivity (Wildman–Crippen MR) is 139 cm³/mol. The van der Waals surface area contributed by atoms with Gasteiger partial charge in [-0.25, -0.2) is 9.79 Å². The summed E-state index contributed by atoms with van der Waals surface area (Å²) in [4.78, 5) is 32.4. The fourth-order valence-electron chi connectivity index (χ4n) is 4.19. The molecule has 2 aromatic rings. The van der Waals surface area contributed by atoms with E-state index < -0.39 is 12.0 Å². The van der Waals surface area contributed by atoms with E-state index in [1.54, 1.807) is 14.0 Å². The third-order valence-electron chi connectivity index (χ3n) is 6.02. The van der Waals surface area contributed by atoms with Gasteiger partial charge in [-0.2, -0.15) is 0 Å². The van der Waals surface area contributed by atoms with Gasteiger partial charge in [-0.3, -0.25) is 4.79 Å². The summed E-state index contributed by atoms with van der Waals surface area (Å²) in [6.07, 6.45) is 0.131. The molecule has 0 radical (unpaired) electrons. The van der Waals surface area contributed by atoms with Crippen LogP contribution in [0.25, 0.3) is 0 Å². The Morgan fingerprint density at radius 3 is 2.54 bits per heavy atom. The fraction of sp³-hybridized carbons (Fsp3) is 0.296. The average molecular weight is 492 g/mol. The summed E-state index contributed by atoms with van der Waals surface area (Å²) in [6, 6.07) is 14.9. The van der Waals surface area contributed by atoms with Crippen molar-refractivity contribution in [3.8, 4) is 5.75 Å². The van der Waals surface area contributed by atoms with E-state index in [1.165, 1.54) is 24.4 Å². The molecule has 8 heteroatoms. The quantitative estimate of drug-likeness (QED) is 0.508. The van der Waals surface area contributed by atoms with Gasteiger partial charge in [0, 0.05) is 11.4 Å². The Morgan fingerprint density at radius 2 is 1.89 bits per heavy atom. The number of hydrogen-bond acceptors (Lipinski definition) is 7. The van der Waals surface area contributed by atoms with Gasteiger partial charge in [-0.1, -0.05) is 49.9 Å². The van der Waals surface area contributed by atoms with E-state index in [9.17, 15) is 9.59 Å².